The van der Waals surface area contributed by atoms with E-state index < -0.39 is 23.0 Å². The van der Waals surface area contributed by atoms with E-state index in [0.29, 0.717) is 24.6 Å². The second-order valence-corrected chi connectivity index (χ2v) is 6.38. The number of nitrogens with zero attached hydrogens (tertiary/aromatic N) is 4. The fraction of sp³-hybridized carbons (Fsp3) is 0.312. The standard InChI is InChI=1S/C16H13ClF3N5/c17-14-13(12-10(19)4-9(18)5-11(12)20)15(21-6-8-2-1-3-8)25-16(24-14)22-7-23-25/h4-5,7-8,21H,1-3,6H2. The number of fused-ring (bicyclic) bond motifs is 1. The lowest BCUT2D eigenvalue weighted by atomic mass is 9.85. The number of anilines is 1. The third-order valence-electron chi connectivity index (χ3n) is 4.42. The second kappa shape index (κ2) is 6.18. The SMILES string of the molecule is Fc1cc(F)c(-c2c(Cl)nc3ncnn3c2NCC2CCC2)c(F)c1. The van der Waals surface area contributed by atoms with Gasteiger partial charge in [-0.05, 0) is 18.8 Å². The molecule has 25 heavy (non-hydrogen) atoms. The Bertz CT molecular complexity index is 931. The van der Waals surface area contributed by atoms with Crippen LogP contribution in [0.15, 0.2) is 18.5 Å². The molecule has 2 heterocycles. The molecule has 2 aromatic heterocycles. The van der Waals surface area contributed by atoms with Crippen LogP contribution in [0.1, 0.15) is 19.3 Å². The molecule has 3 aromatic rings. The van der Waals surface area contributed by atoms with Crippen LogP contribution in [0, 0.1) is 23.4 Å². The van der Waals surface area contributed by atoms with Crippen LogP contribution in [0.4, 0.5) is 19.0 Å². The molecule has 1 aliphatic carbocycles. The lowest BCUT2D eigenvalue weighted by Crippen LogP contribution is -2.22. The summed E-state index contributed by atoms with van der Waals surface area (Å²) in [6, 6.07) is 1.21. The van der Waals surface area contributed by atoms with Crippen molar-refractivity contribution in [1.29, 1.82) is 0 Å². The van der Waals surface area contributed by atoms with Gasteiger partial charge < -0.3 is 5.32 Å². The molecule has 1 aliphatic rings. The summed E-state index contributed by atoms with van der Waals surface area (Å²) in [4.78, 5) is 7.99. The molecule has 130 valence electrons. The van der Waals surface area contributed by atoms with Gasteiger partial charge in [0.05, 0.1) is 11.1 Å². The zero-order valence-electron chi connectivity index (χ0n) is 12.9. The van der Waals surface area contributed by atoms with Gasteiger partial charge in [-0.15, -0.1) is 0 Å². The molecule has 1 saturated carbocycles. The average Bonchev–Trinajstić information content (AvgIpc) is 2.94. The zero-order chi connectivity index (χ0) is 17.6. The maximum atomic E-state index is 14.3. The van der Waals surface area contributed by atoms with Crippen LogP contribution in [-0.2, 0) is 0 Å². The summed E-state index contributed by atoms with van der Waals surface area (Å²) in [5, 5.41) is 7.07. The first-order valence-electron chi connectivity index (χ1n) is 7.82. The van der Waals surface area contributed by atoms with E-state index in [1.54, 1.807) is 0 Å². The summed E-state index contributed by atoms with van der Waals surface area (Å²) in [6.07, 6.45) is 4.60. The minimum atomic E-state index is -1.06. The van der Waals surface area contributed by atoms with E-state index >= 15 is 0 Å². The maximum absolute atomic E-state index is 14.3. The van der Waals surface area contributed by atoms with Crippen molar-refractivity contribution >= 4 is 23.2 Å². The fourth-order valence-corrected chi connectivity index (χ4v) is 3.18. The molecule has 0 saturated heterocycles. The van der Waals surface area contributed by atoms with Gasteiger partial charge in [-0.25, -0.2) is 13.2 Å². The molecule has 0 atom stereocenters. The van der Waals surface area contributed by atoms with Gasteiger partial charge in [0.25, 0.3) is 5.78 Å². The highest BCUT2D eigenvalue weighted by Gasteiger charge is 2.25. The Morgan fingerprint density at radius 1 is 1.16 bits per heavy atom. The molecule has 1 N–H and O–H groups in total. The molecule has 9 heteroatoms. The summed E-state index contributed by atoms with van der Waals surface area (Å²) in [5.74, 6) is -2.17. The van der Waals surface area contributed by atoms with Gasteiger partial charge in [0.2, 0.25) is 0 Å². The topological polar surface area (TPSA) is 55.1 Å². The van der Waals surface area contributed by atoms with E-state index in [0.717, 1.165) is 19.3 Å². The zero-order valence-corrected chi connectivity index (χ0v) is 13.7. The van der Waals surface area contributed by atoms with Crippen LogP contribution in [0.3, 0.4) is 0 Å². The summed E-state index contributed by atoms with van der Waals surface area (Å²) >= 11 is 6.19. The van der Waals surface area contributed by atoms with Crippen LogP contribution in [0.2, 0.25) is 5.15 Å². The smallest absolute Gasteiger partial charge is 0.255 e. The Morgan fingerprint density at radius 2 is 1.88 bits per heavy atom. The molecule has 0 radical (unpaired) electrons. The molecule has 0 aliphatic heterocycles. The van der Waals surface area contributed by atoms with E-state index in [2.05, 4.69) is 20.4 Å². The summed E-state index contributed by atoms with van der Waals surface area (Å²) in [5.41, 5.74) is -0.457. The Morgan fingerprint density at radius 3 is 2.52 bits per heavy atom. The van der Waals surface area contributed by atoms with Crippen molar-refractivity contribution in [2.24, 2.45) is 5.92 Å². The van der Waals surface area contributed by atoms with E-state index in [1.165, 1.54) is 10.8 Å². The van der Waals surface area contributed by atoms with Crippen LogP contribution in [0.5, 0.6) is 0 Å². The summed E-state index contributed by atoms with van der Waals surface area (Å²) in [7, 11) is 0. The molecule has 0 unspecified atom stereocenters. The molecule has 1 fully saturated rings. The molecular formula is C16H13ClF3N5. The first-order valence-corrected chi connectivity index (χ1v) is 8.20. The van der Waals surface area contributed by atoms with Gasteiger partial charge in [0.1, 0.15) is 34.7 Å². The predicted octanol–water partition coefficient (Wildman–Crippen LogP) is 4.07. The fourth-order valence-electron chi connectivity index (χ4n) is 2.92. The highest BCUT2D eigenvalue weighted by molar-refractivity contribution is 6.33. The summed E-state index contributed by atoms with van der Waals surface area (Å²) in [6.45, 7) is 0.604. The average molecular weight is 368 g/mol. The van der Waals surface area contributed by atoms with Gasteiger partial charge in [-0.2, -0.15) is 19.6 Å². The monoisotopic (exact) mass is 367 g/mol. The second-order valence-electron chi connectivity index (χ2n) is 6.02. The van der Waals surface area contributed by atoms with Crippen molar-refractivity contribution in [1.82, 2.24) is 19.6 Å². The molecule has 5 nitrogen and oxygen atoms in total. The van der Waals surface area contributed by atoms with Crippen molar-refractivity contribution in [3.05, 3.63) is 41.1 Å². The number of halogens is 4. The minimum absolute atomic E-state index is 0.00556. The van der Waals surface area contributed by atoms with E-state index in [1.807, 2.05) is 0 Å². The Balaban J connectivity index is 1.91. The largest absolute Gasteiger partial charge is 0.369 e. The van der Waals surface area contributed by atoms with E-state index in [-0.39, 0.29) is 22.3 Å². The van der Waals surface area contributed by atoms with Crippen LogP contribution < -0.4 is 5.32 Å². The van der Waals surface area contributed by atoms with Crippen LogP contribution in [-0.4, -0.2) is 26.1 Å². The van der Waals surface area contributed by atoms with E-state index in [4.69, 9.17) is 11.6 Å². The van der Waals surface area contributed by atoms with Crippen molar-refractivity contribution in [3.63, 3.8) is 0 Å². The summed E-state index contributed by atoms with van der Waals surface area (Å²) < 4.78 is 43.2. The first-order chi connectivity index (χ1) is 12.0. The molecule has 1 aromatic carbocycles. The number of hydrogen-bond donors (Lipinski definition) is 1. The van der Waals surface area contributed by atoms with Gasteiger partial charge in [0, 0.05) is 18.7 Å². The van der Waals surface area contributed by atoms with Crippen molar-refractivity contribution in [2.75, 3.05) is 11.9 Å². The number of aromatic nitrogens is 4. The molecule has 4 rings (SSSR count). The van der Waals surface area contributed by atoms with Crippen LogP contribution >= 0.6 is 11.6 Å². The molecular weight excluding hydrogens is 355 g/mol. The van der Waals surface area contributed by atoms with Gasteiger partial charge in [0.15, 0.2) is 0 Å². The van der Waals surface area contributed by atoms with Gasteiger partial charge >= 0.3 is 0 Å². The van der Waals surface area contributed by atoms with Crippen molar-refractivity contribution in [2.45, 2.75) is 19.3 Å². The van der Waals surface area contributed by atoms with Crippen molar-refractivity contribution < 1.29 is 13.2 Å². The number of benzene rings is 1. The number of rotatable bonds is 4. The quantitative estimate of drug-likeness (QED) is 0.706. The molecule has 0 bridgehead atoms. The molecule has 0 spiro atoms. The number of nitrogens with one attached hydrogen (secondary N) is 1. The van der Waals surface area contributed by atoms with E-state index in [9.17, 15) is 13.2 Å². The maximum Gasteiger partial charge on any atom is 0.255 e. The lowest BCUT2D eigenvalue weighted by Gasteiger charge is -2.26. The highest BCUT2D eigenvalue weighted by Crippen LogP contribution is 2.38. The predicted molar refractivity (Wildman–Crippen MR) is 86.9 cm³/mol. The Hall–Kier alpha value is -2.35. The van der Waals surface area contributed by atoms with Gasteiger partial charge in [-0.3, -0.25) is 0 Å². The minimum Gasteiger partial charge on any atom is -0.369 e. The van der Waals surface area contributed by atoms with Crippen LogP contribution in [0.25, 0.3) is 16.9 Å². The number of hydrogen-bond acceptors (Lipinski definition) is 4. The normalized spacial score (nSPS) is 14.7. The molecule has 0 amide bonds. The first kappa shape index (κ1) is 16.1. The van der Waals surface area contributed by atoms with Gasteiger partial charge in [-0.1, -0.05) is 18.0 Å². The Labute approximate surface area is 145 Å². The highest BCUT2D eigenvalue weighted by atomic mass is 35.5. The Kier molecular flexibility index (Phi) is 3.99. The lowest BCUT2D eigenvalue weighted by molar-refractivity contribution is 0.333. The third-order valence-corrected chi connectivity index (χ3v) is 4.70. The third kappa shape index (κ3) is 2.80. The van der Waals surface area contributed by atoms with Crippen molar-refractivity contribution in [3.8, 4) is 11.1 Å².